The molecular formula is C9H11N3. The smallest absolute Gasteiger partial charge is 0.0887 e. The molecule has 0 saturated carbocycles. The number of allylic oxidation sites excluding steroid dienone is 2. The molecule has 0 aliphatic carbocycles. The lowest BCUT2D eigenvalue weighted by atomic mass is 10.1. The SMILES string of the molecule is Cc1cc(C2C=CC=CN2)n[nH]1. The van der Waals surface area contributed by atoms with E-state index in [1.54, 1.807) is 0 Å². The van der Waals surface area contributed by atoms with Crippen LogP contribution in [-0.4, -0.2) is 10.2 Å². The molecule has 2 heterocycles. The summed E-state index contributed by atoms with van der Waals surface area (Å²) in [5, 5.41) is 10.3. The molecule has 3 nitrogen and oxygen atoms in total. The maximum atomic E-state index is 4.17. The molecule has 0 spiro atoms. The first kappa shape index (κ1) is 7.16. The molecule has 12 heavy (non-hydrogen) atoms. The second kappa shape index (κ2) is 2.85. The summed E-state index contributed by atoms with van der Waals surface area (Å²) < 4.78 is 0. The third-order valence-electron chi connectivity index (χ3n) is 1.83. The first-order valence-electron chi connectivity index (χ1n) is 3.97. The van der Waals surface area contributed by atoms with Crippen LogP contribution in [0.4, 0.5) is 0 Å². The van der Waals surface area contributed by atoms with Crippen molar-refractivity contribution in [1.29, 1.82) is 0 Å². The number of rotatable bonds is 1. The Balaban J connectivity index is 2.20. The highest BCUT2D eigenvalue weighted by atomic mass is 15.1. The van der Waals surface area contributed by atoms with E-state index in [0.717, 1.165) is 11.4 Å². The van der Waals surface area contributed by atoms with E-state index >= 15 is 0 Å². The summed E-state index contributed by atoms with van der Waals surface area (Å²) in [7, 11) is 0. The van der Waals surface area contributed by atoms with Crippen LogP contribution < -0.4 is 5.32 Å². The fourth-order valence-electron chi connectivity index (χ4n) is 1.23. The minimum atomic E-state index is 0.222. The van der Waals surface area contributed by atoms with Crippen molar-refractivity contribution in [3.8, 4) is 0 Å². The summed E-state index contributed by atoms with van der Waals surface area (Å²) >= 11 is 0. The van der Waals surface area contributed by atoms with Crippen LogP contribution in [0, 0.1) is 6.92 Å². The van der Waals surface area contributed by atoms with Gasteiger partial charge in [0.05, 0.1) is 11.7 Å². The van der Waals surface area contributed by atoms with Gasteiger partial charge in [0.1, 0.15) is 0 Å². The second-order valence-electron chi connectivity index (χ2n) is 2.86. The van der Waals surface area contributed by atoms with Gasteiger partial charge in [-0.1, -0.05) is 12.2 Å². The molecular weight excluding hydrogens is 150 g/mol. The highest BCUT2D eigenvalue weighted by Crippen LogP contribution is 2.14. The molecule has 2 N–H and O–H groups in total. The van der Waals surface area contributed by atoms with Crippen molar-refractivity contribution in [3.05, 3.63) is 41.9 Å². The van der Waals surface area contributed by atoms with Gasteiger partial charge in [0.2, 0.25) is 0 Å². The second-order valence-corrected chi connectivity index (χ2v) is 2.86. The van der Waals surface area contributed by atoms with Crippen LogP contribution in [0.5, 0.6) is 0 Å². The zero-order valence-electron chi connectivity index (χ0n) is 6.91. The Morgan fingerprint density at radius 1 is 1.42 bits per heavy atom. The molecule has 0 bridgehead atoms. The number of H-pyrrole nitrogens is 1. The molecule has 1 atom stereocenters. The van der Waals surface area contributed by atoms with Crippen LogP contribution in [0.3, 0.4) is 0 Å². The van der Waals surface area contributed by atoms with Gasteiger partial charge in [-0.2, -0.15) is 5.10 Å². The van der Waals surface area contributed by atoms with E-state index in [2.05, 4.69) is 21.6 Å². The Bertz CT molecular complexity index is 322. The molecule has 0 aromatic carbocycles. The largest absolute Gasteiger partial charge is 0.379 e. The van der Waals surface area contributed by atoms with E-state index in [4.69, 9.17) is 0 Å². The van der Waals surface area contributed by atoms with Crippen LogP contribution in [0.15, 0.2) is 30.5 Å². The van der Waals surface area contributed by atoms with E-state index in [1.807, 2.05) is 31.3 Å². The molecule has 1 aliphatic rings. The summed E-state index contributed by atoms with van der Waals surface area (Å²) in [5.74, 6) is 0. The summed E-state index contributed by atoms with van der Waals surface area (Å²) in [5.41, 5.74) is 2.13. The summed E-state index contributed by atoms with van der Waals surface area (Å²) in [6.07, 6.45) is 7.99. The van der Waals surface area contributed by atoms with E-state index in [0.29, 0.717) is 0 Å². The van der Waals surface area contributed by atoms with Gasteiger partial charge in [-0.05, 0) is 25.3 Å². The first-order valence-corrected chi connectivity index (χ1v) is 3.97. The molecule has 2 rings (SSSR count). The average Bonchev–Trinajstić information content (AvgIpc) is 2.54. The fourth-order valence-corrected chi connectivity index (χ4v) is 1.23. The highest BCUT2D eigenvalue weighted by molar-refractivity contribution is 5.22. The Kier molecular flexibility index (Phi) is 1.70. The Morgan fingerprint density at radius 3 is 2.92 bits per heavy atom. The minimum Gasteiger partial charge on any atom is -0.379 e. The van der Waals surface area contributed by atoms with Gasteiger partial charge < -0.3 is 5.32 Å². The third-order valence-corrected chi connectivity index (χ3v) is 1.83. The van der Waals surface area contributed by atoms with Crippen molar-refractivity contribution in [2.45, 2.75) is 13.0 Å². The number of hydrogen-bond donors (Lipinski definition) is 2. The molecule has 0 fully saturated rings. The van der Waals surface area contributed by atoms with Crippen molar-refractivity contribution >= 4 is 0 Å². The third kappa shape index (κ3) is 1.25. The van der Waals surface area contributed by atoms with Crippen LogP contribution in [0.1, 0.15) is 17.4 Å². The minimum absolute atomic E-state index is 0.222. The lowest BCUT2D eigenvalue weighted by Gasteiger charge is -2.12. The molecule has 0 saturated heterocycles. The normalized spacial score (nSPS) is 20.9. The van der Waals surface area contributed by atoms with Gasteiger partial charge in [-0.25, -0.2) is 0 Å². The van der Waals surface area contributed by atoms with Gasteiger partial charge in [-0.15, -0.1) is 0 Å². The van der Waals surface area contributed by atoms with Crippen LogP contribution in [-0.2, 0) is 0 Å². The Hall–Kier alpha value is -1.51. The molecule has 0 radical (unpaired) electrons. The van der Waals surface area contributed by atoms with Crippen LogP contribution in [0.2, 0.25) is 0 Å². The molecule has 3 heteroatoms. The predicted molar refractivity (Wildman–Crippen MR) is 47.5 cm³/mol. The molecule has 1 aliphatic heterocycles. The monoisotopic (exact) mass is 161 g/mol. The number of aromatic amines is 1. The number of nitrogens with one attached hydrogen (secondary N) is 2. The quantitative estimate of drug-likeness (QED) is 0.654. The van der Waals surface area contributed by atoms with Crippen LogP contribution in [0.25, 0.3) is 0 Å². The van der Waals surface area contributed by atoms with Gasteiger partial charge in [0.25, 0.3) is 0 Å². The summed E-state index contributed by atoms with van der Waals surface area (Å²) in [6, 6.07) is 2.26. The summed E-state index contributed by atoms with van der Waals surface area (Å²) in [4.78, 5) is 0. The topological polar surface area (TPSA) is 40.7 Å². The van der Waals surface area contributed by atoms with Crippen molar-refractivity contribution < 1.29 is 0 Å². The van der Waals surface area contributed by atoms with E-state index < -0.39 is 0 Å². The lowest BCUT2D eigenvalue weighted by molar-refractivity contribution is 0.716. The van der Waals surface area contributed by atoms with Crippen molar-refractivity contribution in [1.82, 2.24) is 15.5 Å². The van der Waals surface area contributed by atoms with Crippen LogP contribution >= 0.6 is 0 Å². The number of aromatic nitrogens is 2. The Morgan fingerprint density at radius 2 is 2.33 bits per heavy atom. The average molecular weight is 161 g/mol. The number of aryl methyl sites for hydroxylation is 1. The van der Waals surface area contributed by atoms with Crippen molar-refractivity contribution in [2.24, 2.45) is 0 Å². The number of nitrogens with zero attached hydrogens (tertiary/aromatic N) is 1. The molecule has 1 aromatic rings. The molecule has 1 unspecified atom stereocenters. The summed E-state index contributed by atoms with van der Waals surface area (Å²) in [6.45, 7) is 2.00. The predicted octanol–water partition coefficient (Wildman–Crippen LogP) is 1.43. The number of dihydropyridines is 1. The van der Waals surface area contributed by atoms with Gasteiger partial charge in [0, 0.05) is 5.69 Å². The van der Waals surface area contributed by atoms with E-state index in [-0.39, 0.29) is 6.04 Å². The zero-order valence-corrected chi connectivity index (χ0v) is 6.91. The fraction of sp³-hybridized carbons (Fsp3) is 0.222. The maximum absolute atomic E-state index is 4.17. The van der Waals surface area contributed by atoms with E-state index in [9.17, 15) is 0 Å². The van der Waals surface area contributed by atoms with Gasteiger partial charge >= 0.3 is 0 Å². The van der Waals surface area contributed by atoms with Gasteiger partial charge in [-0.3, -0.25) is 5.10 Å². The Labute approximate surface area is 71.2 Å². The zero-order chi connectivity index (χ0) is 8.39. The first-order chi connectivity index (χ1) is 5.86. The van der Waals surface area contributed by atoms with Crippen molar-refractivity contribution in [2.75, 3.05) is 0 Å². The standard InChI is InChI=1S/C9H11N3/c1-7-6-9(12-11-7)8-4-2-3-5-10-8/h2-6,8,10H,1H3,(H,11,12). The van der Waals surface area contributed by atoms with Gasteiger partial charge in [0.15, 0.2) is 0 Å². The van der Waals surface area contributed by atoms with E-state index in [1.165, 1.54) is 0 Å². The molecule has 62 valence electrons. The maximum Gasteiger partial charge on any atom is 0.0887 e. The molecule has 1 aromatic heterocycles. The highest BCUT2D eigenvalue weighted by Gasteiger charge is 2.09. The molecule has 0 amide bonds. The number of hydrogen-bond acceptors (Lipinski definition) is 2. The van der Waals surface area contributed by atoms with Crippen molar-refractivity contribution in [3.63, 3.8) is 0 Å². The lowest BCUT2D eigenvalue weighted by Crippen LogP contribution is -2.15.